The fourth-order valence-corrected chi connectivity index (χ4v) is 8.82. The maximum Gasteiger partial charge on any atom is 0.164 e. The van der Waals surface area contributed by atoms with Crippen molar-refractivity contribution < 1.29 is 4.42 Å². The average Bonchev–Trinajstić information content (AvgIpc) is 3.75. The Labute approximate surface area is 324 Å². The number of benzene rings is 8. The second-order valence-corrected chi connectivity index (χ2v) is 15.1. The summed E-state index contributed by atoms with van der Waals surface area (Å²) in [7, 11) is 0. The van der Waals surface area contributed by atoms with Crippen molar-refractivity contribution in [3.05, 3.63) is 187 Å². The molecular weight excluding hydrogens is 683 g/mol. The highest BCUT2D eigenvalue weighted by molar-refractivity contribution is 6.15. The van der Waals surface area contributed by atoms with Crippen molar-refractivity contribution in [2.45, 2.75) is 19.3 Å². The van der Waals surface area contributed by atoms with Crippen LogP contribution in [0.15, 0.2) is 180 Å². The molecule has 56 heavy (non-hydrogen) atoms. The van der Waals surface area contributed by atoms with Crippen molar-refractivity contribution >= 4 is 32.7 Å². The van der Waals surface area contributed by atoms with Crippen LogP contribution in [0.25, 0.3) is 100 Å². The lowest BCUT2D eigenvalue weighted by Gasteiger charge is -2.22. The second kappa shape index (κ2) is 12.4. The van der Waals surface area contributed by atoms with Crippen molar-refractivity contribution in [1.29, 1.82) is 0 Å². The predicted molar refractivity (Wildman–Crippen MR) is 229 cm³/mol. The number of fused-ring (bicyclic) bond motifs is 7. The molecule has 0 unspecified atom stereocenters. The minimum Gasteiger partial charge on any atom is -0.455 e. The molecule has 0 N–H and O–H groups in total. The van der Waals surface area contributed by atoms with Crippen LogP contribution in [0.1, 0.15) is 25.0 Å². The van der Waals surface area contributed by atoms with Gasteiger partial charge in [-0.05, 0) is 74.0 Å². The fraction of sp³-hybridized carbons (Fsp3) is 0.0577. The molecule has 4 nitrogen and oxygen atoms in total. The molecule has 4 heteroatoms. The van der Waals surface area contributed by atoms with Gasteiger partial charge in [-0.3, -0.25) is 0 Å². The molecule has 1 aliphatic carbocycles. The van der Waals surface area contributed by atoms with E-state index in [4.69, 9.17) is 19.4 Å². The third-order valence-electron chi connectivity index (χ3n) is 11.6. The molecule has 0 spiro atoms. The summed E-state index contributed by atoms with van der Waals surface area (Å²) in [5.41, 5.74) is 14.2. The maximum atomic E-state index is 6.82. The Morgan fingerprint density at radius 1 is 0.375 bits per heavy atom. The largest absolute Gasteiger partial charge is 0.455 e. The van der Waals surface area contributed by atoms with E-state index < -0.39 is 0 Å². The van der Waals surface area contributed by atoms with Crippen LogP contribution in [-0.2, 0) is 5.41 Å². The van der Waals surface area contributed by atoms with Gasteiger partial charge in [0.1, 0.15) is 11.2 Å². The highest BCUT2D eigenvalue weighted by Crippen LogP contribution is 2.51. The van der Waals surface area contributed by atoms with Gasteiger partial charge in [-0.1, -0.05) is 166 Å². The lowest BCUT2D eigenvalue weighted by atomic mass is 9.81. The minimum absolute atomic E-state index is 0.139. The first kappa shape index (κ1) is 32.3. The van der Waals surface area contributed by atoms with Gasteiger partial charge in [-0.2, -0.15) is 0 Å². The third kappa shape index (κ3) is 4.96. The molecule has 0 saturated carbocycles. The van der Waals surface area contributed by atoms with Gasteiger partial charge in [-0.25, -0.2) is 15.0 Å². The van der Waals surface area contributed by atoms with E-state index in [9.17, 15) is 0 Å². The van der Waals surface area contributed by atoms with Crippen molar-refractivity contribution in [2.24, 2.45) is 0 Å². The van der Waals surface area contributed by atoms with Gasteiger partial charge in [0.15, 0.2) is 17.5 Å². The first-order valence-electron chi connectivity index (χ1n) is 19.1. The number of rotatable bonds is 5. The number of hydrogen-bond acceptors (Lipinski definition) is 4. The second-order valence-electron chi connectivity index (χ2n) is 15.1. The van der Waals surface area contributed by atoms with Gasteiger partial charge in [-0.15, -0.1) is 0 Å². The lowest BCUT2D eigenvalue weighted by Crippen LogP contribution is -2.14. The Morgan fingerprint density at radius 3 is 1.64 bits per heavy atom. The summed E-state index contributed by atoms with van der Waals surface area (Å²) >= 11 is 0. The molecule has 0 fully saturated rings. The molecule has 10 aromatic rings. The molecule has 0 amide bonds. The molecule has 0 radical (unpaired) electrons. The molecule has 264 valence electrons. The van der Waals surface area contributed by atoms with Crippen LogP contribution in [0.3, 0.4) is 0 Å². The SMILES string of the molecule is CC1(C)c2ccccc2-c2ccc(-c3c(-c4ccc(-c5nc(-c6ccccc6)nc(-c6ccccc6)n5)c5ccccc45)ccc4c3oc3ccccc34)cc21. The number of furan rings is 1. The monoisotopic (exact) mass is 717 g/mol. The van der Waals surface area contributed by atoms with E-state index in [1.807, 2.05) is 66.7 Å². The topological polar surface area (TPSA) is 51.8 Å². The van der Waals surface area contributed by atoms with E-state index in [1.54, 1.807) is 0 Å². The minimum atomic E-state index is -0.139. The zero-order valence-electron chi connectivity index (χ0n) is 31.0. The first-order valence-corrected chi connectivity index (χ1v) is 19.1. The maximum absolute atomic E-state index is 6.82. The van der Waals surface area contributed by atoms with E-state index in [-0.39, 0.29) is 5.41 Å². The average molecular weight is 718 g/mol. The van der Waals surface area contributed by atoms with Gasteiger partial charge in [0.05, 0.1) is 0 Å². The van der Waals surface area contributed by atoms with Gasteiger partial charge in [0.25, 0.3) is 0 Å². The van der Waals surface area contributed by atoms with Gasteiger partial charge in [0.2, 0.25) is 0 Å². The summed E-state index contributed by atoms with van der Waals surface area (Å²) in [4.78, 5) is 15.2. The standard InChI is InChI=1S/C52H35N3O/c1-52(2)44-23-13-11-21-38(44)39-26-25-34(31-45(39)52)47-41(28-29-42-40-22-12-14-24-46(40)56-48(42)47)37-27-30-43(36-20-10-9-19-35(36)37)51-54-49(32-15-5-3-6-16-32)53-50(55-51)33-17-7-4-8-18-33/h3-31H,1-2H3. The Morgan fingerprint density at radius 2 is 0.911 bits per heavy atom. The molecule has 0 atom stereocenters. The summed E-state index contributed by atoms with van der Waals surface area (Å²) in [5.74, 6) is 1.91. The zero-order chi connectivity index (χ0) is 37.4. The Bertz CT molecular complexity index is 3100. The molecule has 0 aliphatic heterocycles. The molecule has 2 heterocycles. The summed E-state index contributed by atoms with van der Waals surface area (Å²) in [5, 5.41) is 4.40. The zero-order valence-corrected chi connectivity index (χ0v) is 31.0. The van der Waals surface area contributed by atoms with E-state index >= 15 is 0 Å². The van der Waals surface area contributed by atoms with Crippen LogP contribution in [0.4, 0.5) is 0 Å². The smallest absolute Gasteiger partial charge is 0.164 e. The van der Waals surface area contributed by atoms with Crippen molar-refractivity contribution in [2.75, 3.05) is 0 Å². The van der Waals surface area contributed by atoms with E-state index in [1.165, 1.54) is 22.3 Å². The Kier molecular flexibility index (Phi) is 7.17. The molecule has 11 rings (SSSR count). The summed E-state index contributed by atoms with van der Waals surface area (Å²) < 4.78 is 6.82. The van der Waals surface area contributed by atoms with Crippen LogP contribution < -0.4 is 0 Å². The number of para-hydroxylation sites is 1. The van der Waals surface area contributed by atoms with Gasteiger partial charge < -0.3 is 4.42 Å². The summed E-state index contributed by atoms with van der Waals surface area (Å²) in [6.45, 7) is 4.67. The molecule has 0 bridgehead atoms. The highest BCUT2D eigenvalue weighted by atomic mass is 16.3. The normalized spacial score (nSPS) is 13.0. The number of hydrogen-bond donors (Lipinski definition) is 0. The molecular formula is C52H35N3O. The molecule has 2 aromatic heterocycles. The van der Waals surface area contributed by atoms with Gasteiger partial charge in [0, 0.05) is 38.4 Å². The predicted octanol–water partition coefficient (Wildman–Crippen LogP) is 13.6. The van der Waals surface area contributed by atoms with E-state index in [2.05, 4.69) is 123 Å². The van der Waals surface area contributed by atoms with Crippen LogP contribution >= 0.6 is 0 Å². The van der Waals surface area contributed by atoms with Crippen molar-refractivity contribution in [3.8, 4) is 67.5 Å². The van der Waals surface area contributed by atoms with Crippen LogP contribution in [-0.4, -0.2) is 15.0 Å². The first-order chi connectivity index (χ1) is 27.5. The van der Waals surface area contributed by atoms with E-state index in [0.29, 0.717) is 17.5 Å². The number of nitrogens with zero attached hydrogens (tertiary/aromatic N) is 3. The van der Waals surface area contributed by atoms with Crippen molar-refractivity contribution in [3.63, 3.8) is 0 Å². The van der Waals surface area contributed by atoms with E-state index in [0.717, 1.165) is 71.7 Å². The summed E-state index contributed by atoms with van der Waals surface area (Å²) in [6, 6.07) is 61.9. The Balaban J connectivity index is 1.15. The summed E-state index contributed by atoms with van der Waals surface area (Å²) in [6.07, 6.45) is 0. The fourth-order valence-electron chi connectivity index (χ4n) is 8.82. The van der Waals surface area contributed by atoms with Gasteiger partial charge >= 0.3 is 0 Å². The van der Waals surface area contributed by atoms with Crippen molar-refractivity contribution in [1.82, 2.24) is 15.0 Å². The van der Waals surface area contributed by atoms with Crippen LogP contribution in [0.2, 0.25) is 0 Å². The lowest BCUT2D eigenvalue weighted by molar-refractivity contribution is 0.660. The van der Waals surface area contributed by atoms with Crippen LogP contribution in [0.5, 0.6) is 0 Å². The Hall–Kier alpha value is -7.17. The van der Waals surface area contributed by atoms with Crippen LogP contribution in [0, 0.1) is 0 Å². The molecule has 0 saturated heterocycles. The quantitative estimate of drug-likeness (QED) is 0.178. The molecule has 8 aromatic carbocycles. The molecule has 1 aliphatic rings. The highest BCUT2D eigenvalue weighted by Gasteiger charge is 2.35. The number of aromatic nitrogens is 3. The third-order valence-corrected chi connectivity index (χ3v) is 11.6.